The largest absolute Gasteiger partial charge is 0.215 e. The van der Waals surface area contributed by atoms with Crippen molar-refractivity contribution in [2.75, 3.05) is 5.01 Å². The van der Waals surface area contributed by atoms with Crippen LogP contribution < -0.4 is 5.01 Å². The Morgan fingerprint density at radius 1 is 1.06 bits per heavy atom. The van der Waals surface area contributed by atoms with Gasteiger partial charge in [0, 0.05) is 5.02 Å². The Balaban J connectivity index is 1.88. The number of hydrogen-bond acceptors (Lipinski definition) is 5. The molecule has 1 aliphatic rings. The number of benzene rings is 2. The van der Waals surface area contributed by atoms with E-state index in [4.69, 9.17) is 11.6 Å². The molecule has 174 valence electrons. The molecule has 0 unspecified atom stereocenters. The number of hydrogen-bond donors (Lipinski definition) is 0. The molecule has 3 aromatic rings. The van der Waals surface area contributed by atoms with Crippen molar-refractivity contribution in [3.05, 3.63) is 69.3 Å². The zero-order valence-electron chi connectivity index (χ0n) is 19.9. The first-order chi connectivity index (χ1) is 15.7. The summed E-state index contributed by atoms with van der Waals surface area (Å²) in [6.45, 7) is 10.9. The third-order valence-electron chi connectivity index (χ3n) is 7.13. The highest BCUT2D eigenvalue weighted by atomic mass is 35.5. The van der Waals surface area contributed by atoms with E-state index in [0.717, 1.165) is 29.7 Å². The molecular weight excluding hydrogens is 436 g/mol. The van der Waals surface area contributed by atoms with Crippen LogP contribution in [0.1, 0.15) is 63.4 Å². The number of aryl methyl sites for hydroxylation is 2. The second kappa shape index (κ2) is 8.86. The quantitative estimate of drug-likeness (QED) is 0.314. The van der Waals surface area contributed by atoms with Crippen LogP contribution >= 0.6 is 11.6 Å². The van der Waals surface area contributed by atoms with Crippen LogP contribution in [-0.4, -0.2) is 20.2 Å². The normalized spacial score (nSPS) is 21.1. The number of rotatable bonds is 5. The number of para-hydroxylation sites is 1. The maximum atomic E-state index is 12.4. The molecule has 0 atom stereocenters. The van der Waals surface area contributed by atoms with Crippen molar-refractivity contribution in [1.82, 2.24) is 20.2 Å². The molecule has 0 aliphatic heterocycles. The lowest BCUT2D eigenvalue weighted by molar-refractivity contribution is 0.123. The highest BCUT2D eigenvalue weighted by Crippen LogP contribution is 2.49. The summed E-state index contributed by atoms with van der Waals surface area (Å²) in [5, 5.41) is 18.7. The lowest BCUT2D eigenvalue weighted by Gasteiger charge is -2.46. The summed E-state index contributed by atoms with van der Waals surface area (Å²) in [5.74, 6) is 1.18. The van der Waals surface area contributed by atoms with Crippen molar-refractivity contribution in [2.45, 2.75) is 65.8 Å². The predicted molar refractivity (Wildman–Crippen MR) is 131 cm³/mol. The van der Waals surface area contributed by atoms with Gasteiger partial charge in [-0.25, -0.2) is 5.01 Å². The van der Waals surface area contributed by atoms with Gasteiger partial charge in [-0.2, -0.15) is 4.68 Å². The Morgan fingerprint density at radius 3 is 2.21 bits per heavy atom. The maximum Gasteiger partial charge on any atom is 0.184 e. The summed E-state index contributed by atoms with van der Waals surface area (Å²) in [6, 6.07) is 13.3. The number of anilines is 1. The van der Waals surface area contributed by atoms with E-state index in [0.29, 0.717) is 35.3 Å². The highest BCUT2D eigenvalue weighted by molar-refractivity contribution is 6.30. The van der Waals surface area contributed by atoms with E-state index >= 15 is 0 Å². The number of nitroso groups, excluding NO2 is 1. The van der Waals surface area contributed by atoms with Crippen molar-refractivity contribution in [3.63, 3.8) is 0 Å². The topological polar surface area (TPSA) is 76.3 Å². The molecule has 8 heteroatoms. The molecule has 0 radical (unpaired) electrons. The standard InChI is InChI=1S/C25H31ClN6O/c1-17-7-6-8-18(2)22(17)31-23(27-28-29-31)25(15-13-19(14-16-25)24(3,4)5)32(30-33)21-11-9-20(26)10-12-21/h6-12,19H,13-16H2,1-5H3. The van der Waals surface area contributed by atoms with Crippen LogP contribution in [0.4, 0.5) is 5.69 Å². The highest BCUT2D eigenvalue weighted by Gasteiger charge is 2.49. The second-order valence-electron chi connectivity index (χ2n) is 10.2. The third kappa shape index (κ3) is 4.26. The van der Waals surface area contributed by atoms with Gasteiger partial charge in [0.05, 0.1) is 16.7 Å². The molecular formula is C25H31ClN6O. The molecule has 1 aliphatic carbocycles. The van der Waals surface area contributed by atoms with Gasteiger partial charge < -0.3 is 0 Å². The zero-order chi connectivity index (χ0) is 23.8. The Labute approximate surface area is 200 Å². The molecule has 1 saturated carbocycles. The number of tetrazole rings is 1. The third-order valence-corrected chi connectivity index (χ3v) is 7.38. The number of nitrogens with zero attached hydrogens (tertiary/aromatic N) is 6. The average molecular weight is 467 g/mol. The lowest BCUT2D eigenvalue weighted by atomic mass is 9.66. The fourth-order valence-corrected chi connectivity index (χ4v) is 5.34. The van der Waals surface area contributed by atoms with Gasteiger partial charge in [0.1, 0.15) is 5.54 Å². The molecule has 33 heavy (non-hydrogen) atoms. The van der Waals surface area contributed by atoms with Crippen LogP contribution in [0.25, 0.3) is 5.69 Å². The smallest absolute Gasteiger partial charge is 0.184 e. The molecule has 0 spiro atoms. The van der Waals surface area contributed by atoms with Gasteiger partial charge >= 0.3 is 0 Å². The molecule has 2 aromatic carbocycles. The monoisotopic (exact) mass is 466 g/mol. The van der Waals surface area contributed by atoms with Gasteiger partial charge in [0.2, 0.25) is 0 Å². The van der Waals surface area contributed by atoms with E-state index < -0.39 is 5.54 Å². The molecule has 0 saturated heterocycles. The number of aromatic nitrogens is 4. The lowest BCUT2D eigenvalue weighted by Crippen LogP contribution is -2.49. The second-order valence-corrected chi connectivity index (χ2v) is 10.6. The Kier molecular flexibility index (Phi) is 6.27. The SMILES string of the molecule is Cc1cccc(C)c1-n1nnnc1C1(N(N=O)c2ccc(Cl)cc2)CCC(C(C)(C)C)CC1. The van der Waals surface area contributed by atoms with Crippen LogP contribution in [0.5, 0.6) is 0 Å². The van der Waals surface area contributed by atoms with Gasteiger partial charge in [0.15, 0.2) is 5.82 Å². The van der Waals surface area contributed by atoms with Gasteiger partial charge in [-0.15, -0.1) is 10.0 Å². The van der Waals surface area contributed by atoms with E-state index in [9.17, 15) is 4.91 Å². The summed E-state index contributed by atoms with van der Waals surface area (Å²) >= 11 is 6.13. The molecule has 4 rings (SSSR count). The summed E-state index contributed by atoms with van der Waals surface area (Å²) < 4.78 is 1.80. The molecule has 1 aromatic heterocycles. The van der Waals surface area contributed by atoms with Crippen LogP contribution in [0.3, 0.4) is 0 Å². The van der Waals surface area contributed by atoms with E-state index in [1.54, 1.807) is 21.8 Å². The number of halogens is 1. The van der Waals surface area contributed by atoms with Gasteiger partial charge in [-0.05, 0) is 96.7 Å². The van der Waals surface area contributed by atoms with Gasteiger partial charge in [0.25, 0.3) is 0 Å². The molecule has 1 heterocycles. The fraction of sp³-hybridized carbons (Fsp3) is 0.480. The molecule has 7 nitrogen and oxygen atoms in total. The van der Waals surface area contributed by atoms with E-state index in [2.05, 4.69) is 41.6 Å². The summed E-state index contributed by atoms with van der Waals surface area (Å²) in [5.41, 5.74) is 3.18. The maximum absolute atomic E-state index is 12.4. The van der Waals surface area contributed by atoms with Crippen LogP contribution in [0.15, 0.2) is 47.8 Å². The Morgan fingerprint density at radius 2 is 1.67 bits per heavy atom. The van der Waals surface area contributed by atoms with Crippen molar-refractivity contribution in [2.24, 2.45) is 16.6 Å². The summed E-state index contributed by atoms with van der Waals surface area (Å²) in [7, 11) is 0. The van der Waals surface area contributed by atoms with Gasteiger partial charge in [-0.1, -0.05) is 50.6 Å². The minimum atomic E-state index is -0.768. The van der Waals surface area contributed by atoms with Crippen LogP contribution in [-0.2, 0) is 5.54 Å². The molecule has 0 N–H and O–H groups in total. The first-order valence-corrected chi connectivity index (χ1v) is 11.8. The van der Waals surface area contributed by atoms with E-state index in [1.165, 1.54) is 0 Å². The zero-order valence-corrected chi connectivity index (χ0v) is 20.7. The molecule has 0 amide bonds. The Hall–Kier alpha value is -2.80. The predicted octanol–water partition coefficient (Wildman–Crippen LogP) is 6.55. The van der Waals surface area contributed by atoms with Gasteiger partial charge in [-0.3, -0.25) is 0 Å². The van der Waals surface area contributed by atoms with Crippen molar-refractivity contribution < 1.29 is 0 Å². The molecule has 0 bridgehead atoms. The minimum absolute atomic E-state index is 0.185. The Bertz CT molecular complexity index is 1110. The fourth-order valence-electron chi connectivity index (χ4n) is 5.21. The first kappa shape index (κ1) is 23.4. The molecule has 1 fully saturated rings. The van der Waals surface area contributed by atoms with E-state index in [1.807, 2.05) is 44.2 Å². The van der Waals surface area contributed by atoms with Crippen molar-refractivity contribution in [1.29, 1.82) is 0 Å². The van der Waals surface area contributed by atoms with Crippen LogP contribution in [0.2, 0.25) is 5.02 Å². The van der Waals surface area contributed by atoms with Crippen molar-refractivity contribution in [3.8, 4) is 5.69 Å². The first-order valence-electron chi connectivity index (χ1n) is 11.4. The van der Waals surface area contributed by atoms with E-state index in [-0.39, 0.29) is 5.41 Å². The summed E-state index contributed by atoms with van der Waals surface area (Å²) in [4.78, 5) is 12.4. The van der Waals surface area contributed by atoms with Crippen LogP contribution in [0, 0.1) is 30.1 Å². The summed E-state index contributed by atoms with van der Waals surface area (Å²) in [6.07, 6.45) is 3.33. The average Bonchev–Trinajstić information content (AvgIpc) is 3.25. The minimum Gasteiger partial charge on any atom is -0.215 e. The van der Waals surface area contributed by atoms with Crippen molar-refractivity contribution >= 4 is 17.3 Å².